The zero-order valence-electron chi connectivity index (χ0n) is 13.0. The van der Waals surface area contributed by atoms with Gasteiger partial charge in [-0.2, -0.15) is 0 Å². The number of halogens is 1. The van der Waals surface area contributed by atoms with Gasteiger partial charge in [-0.05, 0) is 55.8 Å². The highest BCUT2D eigenvalue weighted by molar-refractivity contribution is 5.85. The number of carbonyl (C=O) groups is 1. The second kappa shape index (κ2) is 7.84. The van der Waals surface area contributed by atoms with Crippen LogP contribution in [-0.4, -0.2) is 26.1 Å². The first-order valence-electron chi connectivity index (χ1n) is 7.93. The molecular weight excluding hydrogens is 300 g/mol. The predicted molar refractivity (Wildman–Crippen MR) is 89.4 cm³/mol. The quantitative estimate of drug-likeness (QED) is 0.875. The number of hydrogen-bond acceptors (Lipinski definition) is 3. The largest absolute Gasteiger partial charge is 0.497 e. The highest BCUT2D eigenvalue weighted by Gasteiger charge is 2.34. The number of hydrogen-bond donors (Lipinski definition) is 2. The van der Waals surface area contributed by atoms with E-state index in [0.717, 1.165) is 31.7 Å². The summed E-state index contributed by atoms with van der Waals surface area (Å²) in [7, 11) is 1.67. The lowest BCUT2D eigenvalue weighted by Gasteiger charge is -2.26. The van der Waals surface area contributed by atoms with E-state index in [1.807, 2.05) is 12.1 Å². The van der Waals surface area contributed by atoms with E-state index in [1.54, 1.807) is 7.11 Å². The van der Waals surface area contributed by atoms with E-state index in [9.17, 15) is 4.79 Å². The first kappa shape index (κ1) is 17.1. The van der Waals surface area contributed by atoms with E-state index < -0.39 is 0 Å². The number of carbonyl (C=O) groups excluding carboxylic acids is 1. The van der Waals surface area contributed by atoms with E-state index in [4.69, 9.17) is 4.74 Å². The lowest BCUT2D eigenvalue weighted by molar-refractivity contribution is -0.126. The number of benzene rings is 1. The van der Waals surface area contributed by atoms with Crippen LogP contribution in [0.3, 0.4) is 0 Å². The van der Waals surface area contributed by atoms with Crippen molar-refractivity contribution in [2.45, 2.75) is 31.7 Å². The molecule has 1 amide bonds. The second-order valence-electron chi connectivity index (χ2n) is 6.14. The summed E-state index contributed by atoms with van der Waals surface area (Å²) in [5, 5.41) is 6.59. The molecule has 2 aliphatic rings. The molecule has 4 nitrogen and oxygen atoms in total. The van der Waals surface area contributed by atoms with Gasteiger partial charge >= 0.3 is 0 Å². The van der Waals surface area contributed by atoms with Crippen molar-refractivity contribution in [1.29, 1.82) is 0 Å². The average molecular weight is 325 g/mol. The first-order valence-corrected chi connectivity index (χ1v) is 7.93. The number of nitrogens with one attached hydrogen (secondary N) is 2. The van der Waals surface area contributed by atoms with Crippen LogP contribution in [-0.2, 0) is 4.79 Å². The minimum atomic E-state index is 0. The molecule has 0 spiro atoms. The molecule has 1 aromatic rings. The fourth-order valence-corrected chi connectivity index (χ4v) is 3.06. The minimum Gasteiger partial charge on any atom is -0.497 e. The Balaban J connectivity index is 0.00000176. The zero-order chi connectivity index (χ0) is 14.7. The SMILES string of the molecule is COc1ccc(C(NC(=O)[C@@H]2CCCNC2)C2CC2)cc1.Cl. The number of piperidine rings is 1. The van der Waals surface area contributed by atoms with Crippen LogP contribution >= 0.6 is 12.4 Å². The Morgan fingerprint density at radius 2 is 2.00 bits per heavy atom. The summed E-state index contributed by atoms with van der Waals surface area (Å²) in [6.45, 7) is 1.85. The van der Waals surface area contributed by atoms with Crippen molar-refractivity contribution in [3.05, 3.63) is 29.8 Å². The van der Waals surface area contributed by atoms with Gasteiger partial charge in [-0.3, -0.25) is 4.79 Å². The summed E-state index contributed by atoms with van der Waals surface area (Å²) in [4.78, 5) is 12.5. The van der Waals surface area contributed by atoms with Crippen molar-refractivity contribution in [3.63, 3.8) is 0 Å². The van der Waals surface area contributed by atoms with E-state index >= 15 is 0 Å². The van der Waals surface area contributed by atoms with Crippen LogP contribution in [0.2, 0.25) is 0 Å². The topological polar surface area (TPSA) is 50.4 Å². The van der Waals surface area contributed by atoms with Gasteiger partial charge in [0.1, 0.15) is 5.75 Å². The molecular formula is C17H25ClN2O2. The van der Waals surface area contributed by atoms with Gasteiger partial charge in [0, 0.05) is 6.54 Å². The Kier molecular flexibility index (Phi) is 6.09. The Hall–Kier alpha value is -1.26. The van der Waals surface area contributed by atoms with Crippen molar-refractivity contribution in [2.75, 3.05) is 20.2 Å². The third-order valence-corrected chi connectivity index (χ3v) is 4.53. The summed E-state index contributed by atoms with van der Waals surface area (Å²) in [6, 6.07) is 8.24. The van der Waals surface area contributed by atoms with Crippen molar-refractivity contribution in [1.82, 2.24) is 10.6 Å². The molecule has 1 heterocycles. The molecule has 1 aromatic carbocycles. The van der Waals surface area contributed by atoms with Crippen LogP contribution in [0.15, 0.2) is 24.3 Å². The predicted octanol–water partition coefficient (Wildman–Crippen LogP) is 2.68. The molecule has 22 heavy (non-hydrogen) atoms. The summed E-state index contributed by atoms with van der Waals surface area (Å²) < 4.78 is 5.21. The molecule has 5 heteroatoms. The third kappa shape index (κ3) is 4.14. The maximum Gasteiger partial charge on any atom is 0.224 e. The Morgan fingerprint density at radius 1 is 1.27 bits per heavy atom. The van der Waals surface area contributed by atoms with Crippen molar-refractivity contribution >= 4 is 18.3 Å². The monoisotopic (exact) mass is 324 g/mol. The number of rotatable bonds is 5. The van der Waals surface area contributed by atoms with Gasteiger partial charge in [-0.1, -0.05) is 12.1 Å². The summed E-state index contributed by atoms with van der Waals surface area (Å²) in [5.41, 5.74) is 1.19. The van der Waals surface area contributed by atoms with Gasteiger partial charge in [0.15, 0.2) is 0 Å². The summed E-state index contributed by atoms with van der Waals surface area (Å²) in [5.74, 6) is 1.78. The van der Waals surface area contributed by atoms with Gasteiger partial charge in [0.2, 0.25) is 5.91 Å². The second-order valence-corrected chi connectivity index (χ2v) is 6.14. The molecule has 1 unspecified atom stereocenters. The van der Waals surface area contributed by atoms with Gasteiger partial charge in [0.05, 0.1) is 19.1 Å². The van der Waals surface area contributed by atoms with Crippen LogP contribution in [0.4, 0.5) is 0 Å². The Bertz CT molecular complexity index is 482. The molecule has 1 aliphatic heterocycles. The van der Waals surface area contributed by atoms with Crippen LogP contribution < -0.4 is 15.4 Å². The molecule has 1 aliphatic carbocycles. The van der Waals surface area contributed by atoms with E-state index in [0.29, 0.717) is 5.92 Å². The minimum absolute atomic E-state index is 0. The van der Waals surface area contributed by atoms with Crippen molar-refractivity contribution in [2.24, 2.45) is 11.8 Å². The van der Waals surface area contributed by atoms with Crippen molar-refractivity contribution < 1.29 is 9.53 Å². The summed E-state index contributed by atoms with van der Waals surface area (Å²) in [6.07, 6.45) is 4.51. The van der Waals surface area contributed by atoms with E-state index in [-0.39, 0.29) is 30.3 Å². The molecule has 2 fully saturated rings. The fourth-order valence-electron chi connectivity index (χ4n) is 3.06. The maximum absolute atomic E-state index is 12.5. The molecule has 3 rings (SSSR count). The molecule has 0 bridgehead atoms. The molecule has 1 saturated heterocycles. The van der Waals surface area contributed by atoms with Gasteiger partial charge in [-0.25, -0.2) is 0 Å². The lowest BCUT2D eigenvalue weighted by atomic mass is 9.96. The number of ether oxygens (including phenoxy) is 1. The average Bonchev–Trinajstić information content (AvgIpc) is 3.38. The van der Waals surface area contributed by atoms with Crippen LogP contribution in [0, 0.1) is 11.8 Å². The smallest absolute Gasteiger partial charge is 0.224 e. The third-order valence-electron chi connectivity index (χ3n) is 4.53. The van der Waals surface area contributed by atoms with Gasteiger partial charge in [0.25, 0.3) is 0 Å². The van der Waals surface area contributed by atoms with Crippen LogP contribution in [0.1, 0.15) is 37.3 Å². The standard InChI is InChI=1S/C17H24N2O2.ClH/c1-21-15-8-6-13(7-9-15)16(12-4-5-12)19-17(20)14-3-2-10-18-11-14;/h6-9,12,14,16,18H,2-5,10-11H2,1H3,(H,19,20);1H/t14-,16?;/m1./s1. The van der Waals surface area contributed by atoms with Gasteiger partial charge < -0.3 is 15.4 Å². The summed E-state index contributed by atoms with van der Waals surface area (Å²) >= 11 is 0. The molecule has 2 N–H and O–H groups in total. The maximum atomic E-state index is 12.5. The van der Waals surface area contributed by atoms with Gasteiger partial charge in [-0.15, -0.1) is 12.4 Å². The van der Waals surface area contributed by atoms with E-state index in [2.05, 4.69) is 22.8 Å². The number of amides is 1. The molecule has 1 saturated carbocycles. The normalized spacial score (nSPS) is 22.3. The Morgan fingerprint density at radius 3 is 2.55 bits per heavy atom. The Labute approximate surface area is 138 Å². The van der Waals surface area contributed by atoms with Crippen molar-refractivity contribution in [3.8, 4) is 5.75 Å². The number of methoxy groups -OCH3 is 1. The van der Waals surface area contributed by atoms with E-state index in [1.165, 1.54) is 18.4 Å². The first-order chi connectivity index (χ1) is 10.3. The molecule has 2 atom stereocenters. The highest BCUT2D eigenvalue weighted by Crippen LogP contribution is 2.41. The zero-order valence-corrected chi connectivity index (χ0v) is 13.8. The fraction of sp³-hybridized carbons (Fsp3) is 0.588. The highest BCUT2D eigenvalue weighted by atomic mass is 35.5. The van der Waals surface area contributed by atoms with Crippen LogP contribution in [0.5, 0.6) is 5.75 Å². The van der Waals surface area contributed by atoms with Crippen LogP contribution in [0.25, 0.3) is 0 Å². The molecule has 0 aromatic heterocycles. The molecule has 122 valence electrons. The molecule has 0 radical (unpaired) electrons. The lowest BCUT2D eigenvalue weighted by Crippen LogP contribution is -2.42.